The first-order valence-electron chi connectivity index (χ1n) is 12.8. The Hall–Kier alpha value is -3.75. The van der Waals surface area contributed by atoms with Gasteiger partial charge in [-0.2, -0.15) is 0 Å². The van der Waals surface area contributed by atoms with E-state index in [9.17, 15) is 9.59 Å². The molecule has 1 aliphatic heterocycles. The highest BCUT2D eigenvalue weighted by Crippen LogP contribution is 2.21. The lowest BCUT2D eigenvalue weighted by molar-refractivity contribution is 0.0760. The van der Waals surface area contributed by atoms with Crippen LogP contribution in [-0.2, 0) is 11.3 Å². The molecule has 3 N–H and O–H groups in total. The van der Waals surface area contributed by atoms with Crippen molar-refractivity contribution in [3.8, 4) is 5.75 Å². The minimum atomic E-state index is -1.83. The predicted octanol–water partition coefficient (Wildman–Crippen LogP) is 5.40. The first-order chi connectivity index (χ1) is 17.9. The fourth-order valence-electron chi connectivity index (χ4n) is 4.53. The molecule has 0 atom stereocenters. The van der Waals surface area contributed by atoms with Crippen LogP contribution < -0.4 is 10.1 Å². The Labute approximate surface area is 217 Å². The second-order valence-corrected chi connectivity index (χ2v) is 9.40. The Morgan fingerprint density at radius 2 is 1.49 bits per heavy atom. The van der Waals surface area contributed by atoms with Gasteiger partial charge in [-0.25, -0.2) is 9.59 Å². The molecule has 0 aromatic heterocycles. The molecule has 0 radical (unpaired) electrons. The number of benzene rings is 2. The van der Waals surface area contributed by atoms with Crippen molar-refractivity contribution in [3.05, 3.63) is 65.7 Å². The normalized spacial score (nSPS) is 16.2. The topological polar surface area (TPSA) is 125 Å². The zero-order valence-corrected chi connectivity index (χ0v) is 21.0. The molecule has 1 heterocycles. The van der Waals surface area contributed by atoms with Crippen LogP contribution in [0, 0.1) is 5.92 Å². The van der Waals surface area contributed by atoms with E-state index in [1.165, 1.54) is 19.3 Å². The Balaban J connectivity index is 0.000000886. The van der Waals surface area contributed by atoms with Crippen molar-refractivity contribution in [2.75, 3.05) is 19.7 Å². The van der Waals surface area contributed by atoms with E-state index in [1.807, 2.05) is 54.6 Å². The second-order valence-electron chi connectivity index (χ2n) is 9.40. The molecule has 2 aromatic carbocycles. The van der Waals surface area contributed by atoms with Crippen LogP contribution in [0.4, 0.5) is 9.59 Å². The zero-order valence-electron chi connectivity index (χ0n) is 21.0. The first kappa shape index (κ1) is 27.8. The molecular weight excluding hydrogens is 476 g/mol. The van der Waals surface area contributed by atoms with Crippen LogP contribution in [0.25, 0.3) is 0 Å². The molecule has 1 saturated carbocycles. The molecule has 1 aliphatic carbocycles. The number of hydrogen-bond donors (Lipinski definition) is 3. The summed E-state index contributed by atoms with van der Waals surface area (Å²) in [6.07, 6.45) is 5.53. The summed E-state index contributed by atoms with van der Waals surface area (Å²) in [5.41, 5.74) is 1.67. The summed E-state index contributed by atoms with van der Waals surface area (Å²) in [5.74, 6) is 1.17. The molecule has 2 aromatic rings. The number of carbonyl (C=O) groups is 3. The van der Waals surface area contributed by atoms with E-state index in [4.69, 9.17) is 24.5 Å². The Kier molecular flexibility index (Phi) is 11.1. The largest absolute Gasteiger partial charge is 0.503 e. The van der Waals surface area contributed by atoms with Crippen molar-refractivity contribution < 1.29 is 34.1 Å². The number of amides is 2. The Morgan fingerprint density at radius 1 is 0.865 bits per heavy atom. The summed E-state index contributed by atoms with van der Waals surface area (Å²) in [6, 6.07) is 17.4. The number of carboxylic acid groups (broad SMARTS) is 2. The molecule has 0 unspecified atom stereocenters. The van der Waals surface area contributed by atoms with Crippen molar-refractivity contribution in [2.45, 2.75) is 57.6 Å². The van der Waals surface area contributed by atoms with Gasteiger partial charge in [-0.1, -0.05) is 49.6 Å². The summed E-state index contributed by atoms with van der Waals surface area (Å²) in [6.45, 7) is 2.28. The number of piperidine rings is 1. The van der Waals surface area contributed by atoms with Gasteiger partial charge in [-0.05, 0) is 61.4 Å². The summed E-state index contributed by atoms with van der Waals surface area (Å²) >= 11 is 0. The first-order valence-corrected chi connectivity index (χ1v) is 12.8. The lowest BCUT2D eigenvalue weighted by Gasteiger charge is -2.31. The molecule has 0 bridgehead atoms. The third-order valence-electron chi connectivity index (χ3n) is 6.62. The van der Waals surface area contributed by atoms with E-state index in [0.29, 0.717) is 43.8 Å². The van der Waals surface area contributed by atoms with Crippen LogP contribution in [-0.4, -0.2) is 59.0 Å². The van der Waals surface area contributed by atoms with Crippen LogP contribution in [0.5, 0.6) is 5.75 Å². The van der Waals surface area contributed by atoms with Gasteiger partial charge in [0.2, 0.25) is 0 Å². The molecule has 2 aliphatic rings. The maximum absolute atomic E-state index is 12.4. The zero-order chi connectivity index (χ0) is 26.5. The number of nitrogens with zero attached hydrogens (tertiary/aromatic N) is 1. The van der Waals surface area contributed by atoms with Gasteiger partial charge in [0.25, 0.3) is 5.91 Å². The summed E-state index contributed by atoms with van der Waals surface area (Å²) in [4.78, 5) is 35.1. The average molecular weight is 513 g/mol. The fourth-order valence-corrected chi connectivity index (χ4v) is 4.53. The van der Waals surface area contributed by atoms with Crippen LogP contribution in [0.3, 0.4) is 0 Å². The monoisotopic (exact) mass is 512 g/mol. The number of ether oxygens (including phenoxy) is 2. The van der Waals surface area contributed by atoms with Crippen molar-refractivity contribution in [3.63, 3.8) is 0 Å². The van der Waals surface area contributed by atoms with Crippen molar-refractivity contribution in [2.24, 2.45) is 5.92 Å². The van der Waals surface area contributed by atoms with E-state index in [2.05, 4.69) is 5.32 Å². The standard InChI is InChI=1S/C27H34N2O4.CH2O3/c30-26(28-24-9-5-2-6-10-24)23-11-13-25(14-12-23)32-19-22-15-17-29(18-16-22)27(31)33-20-21-7-3-1-4-8-21;2-1(3)4/h1,3-4,7-8,11-14,22,24H,2,5-6,9-10,15-20H2,(H,28,30);(H2,2,3,4). The minimum absolute atomic E-state index is 0.0000257. The highest BCUT2D eigenvalue weighted by atomic mass is 16.6. The number of hydrogen-bond acceptors (Lipinski definition) is 5. The fraction of sp³-hybridized carbons (Fsp3) is 0.464. The van der Waals surface area contributed by atoms with E-state index in [-0.39, 0.29) is 12.0 Å². The number of nitrogens with one attached hydrogen (secondary N) is 1. The van der Waals surface area contributed by atoms with Gasteiger partial charge >= 0.3 is 12.2 Å². The molecular formula is C28H36N2O7. The summed E-state index contributed by atoms with van der Waals surface area (Å²) < 4.78 is 11.4. The maximum Gasteiger partial charge on any atom is 0.503 e. The lowest BCUT2D eigenvalue weighted by Crippen LogP contribution is -2.40. The molecule has 9 nitrogen and oxygen atoms in total. The SMILES string of the molecule is O=C(NC1CCCCC1)c1ccc(OCC2CCN(C(=O)OCc3ccccc3)CC2)cc1.O=C(O)O. The van der Waals surface area contributed by atoms with Gasteiger partial charge in [0, 0.05) is 24.7 Å². The number of carbonyl (C=O) groups excluding carboxylic acids is 2. The molecule has 0 spiro atoms. The van der Waals surface area contributed by atoms with Crippen molar-refractivity contribution in [1.82, 2.24) is 10.2 Å². The third-order valence-corrected chi connectivity index (χ3v) is 6.62. The smallest absolute Gasteiger partial charge is 0.493 e. The van der Waals surface area contributed by atoms with Crippen LogP contribution in [0.15, 0.2) is 54.6 Å². The van der Waals surface area contributed by atoms with Crippen LogP contribution in [0.1, 0.15) is 60.9 Å². The number of rotatable bonds is 7. The lowest BCUT2D eigenvalue weighted by atomic mass is 9.95. The third kappa shape index (κ3) is 10.0. The van der Waals surface area contributed by atoms with Crippen molar-refractivity contribution >= 4 is 18.2 Å². The maximum atomic E-state index is 12.4. The molecule has 37 heavy (non-hydrogen) atoms. The Morgan fingerprint density at radius 3 is 2.11 bits per heavy atom. The Bertz CT molecular complexity index is 979. The van der Waals surface area contributed by atoms with Gasteiger partial charge in [-0.3, -0.25) is 4.79 Å². The second kappa shape index (κ2) is 14.7. The van der Waals surface area contributed by atoms with Gasteiger partial charge in [0.15, 0.2) is 0 Å². The predicted molar refractivity (Wildman–Crippen MR) is 138 cm³/mol. The number of likely N-dealkylation sites (tertiary alicyclic amines) is 1. The van der Waals surface area contributed by atoms with Crippen molar-refractivity contribution in [1.29, 1.82) is 0 Å². The van der Waals surface area contributed by atoms with E-state index >= 15 is 0 Å². The quantitative estimate of drug-likeness (QED) is 0.454. The minimum Gasteiger partial charge on any atom is -0.493 e. The summed E-state index contributed by atoms with van der Waals surface area (Å²) in [5, 5.41) is 17.1. The van der Waals surface area contributed by atoms with E-state index in [1.54, 1.807) is 4.90 Å². The van der Waals surface area contributed by atoms with Gasteiger partial charge in [-0.15, -0.1) is 0 Å². The van der Waals surface area contributed by atoms with Gasteiger partial charge in [0.05, 0.1) is 6.61 Å². The highest BCUT2D eigenvalue weighted by molar-refractivity contribution is 5.94. The molecule has 200 valence electrons. The molecule has 9 heteroatoms. The van der Waals surface area contributed by atoms with Gasteiger partial charge in [0.1, 0.15) is 12.4 Å². The summed E-state index contributed by atoms with van der Waals surface area (Å²) in [7, 11) is 0. The average Bonchev–Trinajstić information content (AvgIpc) is 2.92. The molecule has 4 rings (SSSR count). The van der Waals surface area contributed by atoms with E-state index in [0.717, 1.165) is 37.0 Å². The molecule has 2 amide bonds. The molecule has 1 saturated heterocycles. The highest BCUT2D eigenvalue weighted by Gasteiger charge is 2.24. The molecule has 2 fully saturated rings. The van der Waals surface area contributed by atoms with Gasteiger partial charge < -0.3 is 29.9 Å². The van der Waals surface area contributed by atoms with Crippen LogP contribution in [0.2, 0.25) is 0 Å². The van der Waals surface area contributed by atoms with Crippen LogP contribution >= 0.6 is 0 Å². The van der Waals surface area contributed by atoms with E-state index < -0.39 is 6.16 Å².